The molecule has 3 aromatic rings. The average molecular weight is 388 g/mol. The summed E-state index contributed by atoms with van der Waals surface area (Å²) in [6.07, 6.45) is 1.88. The Balaban J connectivity index is 1.76. The number of aryl methyl sites for hydroxylation is 2. The highest BCUT2D eigenvalue weighted by Crippen LogP contribution is 2.23. The number of hydrazone groups is 1. The van der Waals surface area contributed by atoms with Gasteiger partial charge in [-0.05, 0) is 55.7 Å². The van der Waals surface area contributed by atoms with E-state index in [0.29, 0.717) is 0 Å². The highest BCUT2D eigenvalue weighted by molar-refractivity contribution is 5.87. The molecule has 0 saturated carbocycles. The van der Waals surface area contributed by atoms with Gasteiger partial charge in [-0.2, -0.15) is 5.10 Å². The Morgan fingerprint density at radius 2 is 1.79 bits per heavy atom. The van der Waals surface area contributed by atoms with Crippen molar-refractivity contribution in [3.05, 3.63) is 88.2 Å². The number of carbonyl (C=O) groups is 2. The number of carboxylic acids is 1. The quantitative estimate of drug-likeness (QED) is 0.520. The lowest BCUT2D eigenvalue weighted by Crippen LogP contribution is -2.22. The van der Waals surface area contributed by atoms with Gasteiger partial charge in [0.1, 0.15) is 0 Å². The maximum Gasteiger partial charge on any atom is 0.244 e. The number of amides is 1. The van der Waals surface area contributed by atoms with Crippen LogP contribution in [0.5, 0.6) is 0 Å². The van der Waals surface area contributed by atoms with Crippen molar-refractivity contribution >= 4 is 18.1 Å². The van der Waals surface area contributed by atoms with E-state index in [2.05, 4.69) is 10.5 Å². The first kappa shape index (κ1) is 20.1. The van der Waals surface area contributed by atoms with Gasteiger partial charge in [0.25, 0.3) is 0 Å². The van der Waals surface area contributed by atoms with E-state index in [4.69, 9.17) is 0 Å². The standard InChI is InChI=1S/C23H23N3O3/c1-15-11-19(23(28)29)9-10-21(15)26-16(2)12-20(17(26)3)14-24-25-22(27)13-18-7-5-4-6-8-18/h4-12,14H,13H2,1-3H3,(H,25,27)(H,28,29)/p-1/b24-14-. The number of carbonyl (C=O) groups excluding carboxylic acids is 2. The van der Waals surface area contributed by atoms with E-state index >= 15 is 0 Å². The van der Waals surface area contributed by atoms with Gasteiger partial charge >= 0.3 is 0 Å². The van der Waals surface area contributed by atoms with Crippen molar-refractivity contribution in [3.8, 4) is 5.69 Å². The maximum absolute atomic E-state index is 12.0. The van der Waals surface area contributed by atoms with E-state index in [9.17, 15) is 14.7 Å². The van der Waals surface area contributed by atoms with E-state index in [1.54, 1.807) is 18.3 Å². The fraction of sp³-hybridized carbons (Fsp3) is 0.174. The van der Waals surface area contributed by atoms with Crippen LogP contribution >= 0.6 is 0 Å². The van der Waals surface area contributed by atoms with Gasteiger partial charge < -0.3 is 14.5 Å². The molecule has 148 valence electrons. The molecule has 2 aromatic carbocycles. The van der Waals surface area contributed by atoms with Crippen LogP contribution in [0.3, 0.4) is 0 Å². The van der Waals surface area contributed by atoms with Gasteiger partial charge in [0.15, 0.2) is 0 Å². The van der Waals surface area contributed by atoms with Gasteiger partial charge in [0.2, 0.25) is 5.91 Å². The fourth-order valence-electron chi connectivity index (χ4n) is 3.32. The normalized spacial score (nSPS) is 11.0. The lowest BCUT2D eigenvalue weighted by atomic mass is 10.1. The van der Waals surface area contributed by atoms with Gasteiger partial charge in [0.05, 0.1) is 18.6 Å². The number of aromatic carboxylic acids is 1. The number of aromatic nitrogens is 1. The minimum atomic E-state index is -1.19. The van der Waals surface area contributed by atoms with E-state index in [1.807, 2.05) is 61.7 Å². The summed E-state index contributed by atoms with van der Waals surface area (Å²) in [5.41, 5.74) is 8.12. The summed E-state index contributed by atoms with van der Waals surface area (Å²) < 4.78 is 2.03. The molecule has 6 nitrogen and oxygen atoms in total. The van der Waals surface area contributed by atoms with Crippen LogP contribution in [0.15, 0.2) is 59.7 Å². The zero-order valence-corrected chi connectivity index (χ0v) is 16.6. The molecule has 0 radical (unpaired) electrons. The van der Waals surface area contributed by atoms with E-state index in [0.717, 1.165) is 33.8 Å². The highest BCUT2D eigenvalue weighted by Gasteiger charge is 2.12. The second kappa shape index (κ2) is 8.56. The summed E-state index contributed by atoms with van der Waals surface area (Å²) >= 11 is 0. The van der Waals surface area contributed by atoms with E-state index < -0.39 is 5.97 Å². The molecule has 3 rings (SSSR count). The minimum absolute atomic E-state index is 0.150. The number of nitrogens with zero attached hydrogens (tertiary/aromatic N) is 2. The van der Waals surface area contributed by atoms with Crippen LogP contribution in [0, 0.1) is 20.8 Å². The molecular formula is C23H22N3O3-. The summed E-state index contributed by atoms with van der Waals surface area (Å²) in [7, 11) is 0. The van der Waals surface area contributed by atoms with E-state index in [1.165, 1.54) is 6.07 Å². The van der Waals surface area contributed by atoms with Crippen LogP contribution in [-0.4, -0.2) is 22.7 Å². The number of rotatable bonds is 6. The molecule has 0 aliphatic heterocycles. The van der Waals surface area contributed by atoms with Gasteiger partial charge in [-0.15, -0.1) is 0 Å². The lowest BCUT2D eigenvalue weighted by molar-refractivity contribution is -0.255. The van der Waals surface area contributed by atoms with Crippen LogP contribution < -0.4 is 10.5 Å². The van der Waals surface area contributed by atoms with Crippen LogP contribution in [0.2, 0.25) is 0 Å². The summed E-state index contributed by atoms with van der Waals surface area (Å²) in [5.74, 6) is -1.38. The summed E-state index contributed by atoms with van der Waals surface area (Å²) in [6, 6.07) is 16.3. The predicted molar refractivity (Wildman–Crippen MR) is 110 cm³/mol. The molecule has 0 bridgehead atoms. The number of hydrogen-bond donors (Lipinski definition) is 1. The van der Waals surface area contributed by atoms with Crippen LogP contribution in [0.4, 0.5) is 0 Å². The Bertz CT molecular complexity index is 1080. The first-order valence-corrected chi connectivity index (χ1v) is 9.24. The SMILES string of the molecule is Cc1cc(C(=O)[O-])ccc1-n1c(C)cc(/C=N\NC(=O)Cc2ccccc2)c1C. The van der Waals surface area contributed by atoms with Gasteiger partial charge in [-0.1, -0.05) is 36.4 Å². The zero-order chi connectivity index (χ0) is 21.0. The van der Waals surface area contributed by atoms with Crippen molar-refractivity contribution in [3.63, 3.8) is 0 Å². The van der Waals surface area contributed by atoms with Crippen molar-refractivity contribution in [1.82, 2.24) is 9.99 Å². The van der Waals surface area contributed by atoms with Crippen molar-refractivity contribution in [2.75, 3.05) is 0 Å². The first-order valence-electron chi connectivity index (χ1n) is 9.24. The number of hydrogen-bond acceptors (Lipinski definition) is 4. The van der Waals surface area contributed by atoms with Gasteiger partial charge in [-0.3, -0.25) is 4.79 Å². The highest BCUT2D eigenvalue weighted by atomic mass is 16.4. The van der Waals surface area contributed by atoms with Gasteiger partial charge in [-0.25, -0.2) is 5.43 Å². The smallest absolute Gasteiger partial charge is 0.244 e. The molecule has 0 atom stereocenters. The summed E-state index contributed by atoms with van der Waals surface area (Å²) in [6.45, 7) is 5.77. The topological polar surface area (TPSA) is 86.5 Å². The molecule has 29 heavy (non-hydrogen) atoms. The van der Waals surface area contributed by atoms with Gasteiger partial charge in [0, 0.05) is 22.6 Å². The second-order valence-electron chi connectivity index (χ2n) is 6.91. The zero-order valence-electron chi connectivity index (χ0n) is 16.6. The monoisotopic (exact) mass is 388 g/mol. The Morgan fingerprint density at radius 1 is 1.07 bits per heavy atom. The van der Waals surface area contributed by atoms with Crippen molar-refractivity contribution in [2.45, 2.75) is 27.2 Å². The van der Waals surface area contributed by atoms with E-state index in [-0.39, 0.29) is 17.9 Å². The number of benzene rings is 2. The molecule has 1 aromatic heterocycles. The molecule has 1 amide bonds. The molecule has 0 unspecified atom stereocenters. The van der Waals surface area contributed by atoms with Crippen LogP contribution in [-0.2, 0) is 11.2 Å². The molecule has 1 heterocycles. The third-order valence-corrected chi connectivity index (χ3v) is 4.74. The Morgan fingerprint density at radius 3 is 2.45 bits per heavy atom. The third kappa shape index (κ3) is 4.60. The minimum Gasteiger partial charge on any atom is -0.545 e. The lowest BCUT2D eigenvalue weighted by Gasteiger charge is -2.14. The molecule has 0 fully saturated rings. The Kier molecular flexibility index (Phi) is 5.93. The molecular weight excluding hydrogens is 366 g/mol. The molecule has 0 aliphatic rings. The average Bonchev–Trinajstić information content (AvgIpc) is 2.96. The predicted octanol–water partition coefficient (Wildman–Crippen LogP) is 2.46. The molecule has 1 N–H and O–H groups in total. The number of carboxylic acid groups (broad SMARTS) is 1. The van der Waals surface area contributed by atoms with Crippen molar-refractivity contribution < 1.29 is 14.7 Å². The third-order valence-electron chi connectivity index (χ3n) is 4.74. The molecule has 0 spiro atoms. The fourth-order valence-corrected chi connectivity index (χ4v) is 3.32. The Hall–Kier alpha value is -3.67. The maximum atomic E-state index is 12.0. The molecule has 6 heteroatoms. The van der Waals surface area contributed by atoms with Crippen molar-refractivity contribution in [2.24, 2.45) is 5.10 Å². The van der Waals surface area contributed by atoms with Crippen LogP contribution in [0.1, 0.15) is 38.4 Å². The Labute approximate surface area is 169 Å². The second-order valence-corrected chi connectivity index (χ2v) is 6.91. The van der Waals surface area contributed by atoms with Crippen LogP contribution in [0.25, 0.3) is 5.69 Å². The largest absolute Gasteiger partial charge is 0.545 e. The summed E-state index contributed by atoms with van der Waals surface area (Å²) in [5, 5.41) is 15.1. The summed E-state index contributed by atoms with van der Waals surface area (Å²) in [4.78, 5) is 23.1. The molecule has 0 aliphatic carbocycles. The molecule has 0 saturated heterocycles. The number of nitrogens with one attached hydrogen (secondary N) is 1. The first-order chi connectivity index (χ1) is 13.9. The van der Waals surface area contributed by atoms with Crippen molar-refractivity contribution in [1.29, 1.82) is 0 Å².